The van der Waals surface area contributed by atoms with Crippen molar-refractivity contribution in [3.63, 3.8) is 0 Å². The molecule has 0 radical (unpaired) electrons. The van der Waals surface area contributed by atoms with Crippen LogP contribution in [0.1, 0.15) is 0 Å². The highest BCUT2D eigenvalue weighted by Crippen LogP contribution is 2.43. The molecule has 0 amide bonds. The van der Waals surface area contributed by atoms with Gasteiger partial charge in [-0.05, 0) is 113 Å². The Hall–Kier alpha value is -7.40. The number of thiophene rings is 1. The van der Waals surface area contributed by atoms with Gasteiger partial charge in [-0.15, -0.1) is 11.3 Å². The van der Waals surface area contributed by atoms with E-state index in [0.717, 1.165) is 56.1 Å². The summed E-state index contributed by atoms with van der Waals surface area (Å²) in [6.45, 7) is 0. The highest BCUT2D eigenvalue weighted by Gasteiger charge is 2.19. The number of anilines is 6. The lowest BCUT2D eigenvalue weighted by molar-refractivity contribution is 0.669. The van der Waals surface area contributed by atoms with E-state index in [-0.39, 0.29) is 0 Å². The summed E-state index contributed by atoms with van der Waals surface area (Å²) in [5.41, 5.74) is 12.8. The normalized spacial score (nSPS) is 11.4. The van der Waals surface area contributed by atoms with Crippen LogP contribution in [0.5, 0.6) is 0 Å². The summed E-state index contributed by atoms with van der Waals surface area (Å²) < 4.78 is 9.26. The third-order valence-electron chi connectivity index (χ3n) is 11.0. The summed E-state index contributed by atoms with van der Waals surface area (Å²) >= 11 is 1.85. The fourth-order valence-electron chi connectivity index (χ4n) is 8.24. The van der Waals surface area contributed by atoms with Gasteiger partial charge in [0, 0.05) is 71.1 Å². The average molecular weight is 761 g/mol. The van der Waals surface area contributed by atoms with E-state index >= 15 is 0 Å². The Balaban J connectivity index is 1.02. The Labute approximate surface area is 340 Å². The van der Waals surface area contributed by atoms with Gasteiger partial charge in [0.05, 0.1) is 0 Å². The van der Waals surface area contributed by atoms with Gasteiger partial charge in [0.25, 0.3) is 0 Å². The summed E-state index contributed by atoms with van der Waals surface area (Å²) in [5, 5.41) is 4.83. The molecular formula is C54H36N2OS. The number of rotatable bonds is 8. The van der Waals surface area contributed by atoms with Crippen LogP contribution in [0.25, 0.3) is 64.4 Å². The number of nitrogens with zero attached hydrogens (tertiary/aromatic N) is 2. The molecule has 0 unspecified atom stereocenters. The molecule has 0 atom stereocenters. The van der Waals surface area contributed by atoms with E-state index in [1.165, 1.54) is 42.4 Å². The maximum Gasteiger partial charge on any atom is 0.137 e. The summed E-state index contributed by atoms with van der Waals surface area (Å²) in [7, 11) is 0. The number of benzene rings is 9. The van der Waals surface area contributed by atoms with Gasteiger partial charge in [-0.25, -0.2) is 0 Å². The molecule has 0 fully saturated rings. The predicted octanol–water partition coefficient (Wildman–Crippen LogP) is 16.2. The fourth-order valence-corrected chi connectivity index (χ4v) is 9.39. The van der Waals surface area contributed by atoms with E-state index in [1.54, 1.807) is 0 Å². The van der Waals surface area contributed by atoms with E-state index in [2.05, 4.69) is 228 Å². The van der Waals surface area contributed by atoms with Gasteiger partial charge in [0.1, 0.15) is 11.2 Å². The van der Waals surface area contributed by atoms with Crippen molar-refractivity contribution in [2.45, 2.75) is 0 Å². The third-order valence-corrected chi connectivity index (χ3v) is 12.2. The SMILES string of the molecule is c1ccc(-c2ccc(N(c3cccc(N(c4ccccc4)c4ccccc4)c3)c3ccc4c(c3)oc3ccc(-c5ccc6c(c5)sc5ccccc56)cc34)cc2)cc1. The minimum absolute atomic E-state index is 0.849. The molecular weight excluding hydrogens is 725 g/mol. The lowest BCUT2D eigenvalue weighted by Gasteiger charge is -2.29. The molecule has 0 saturated carbocycles. The largest absolute Gasteiger partial charge is 0.456 e. The summed E-state index contributed by atoms with van der Waals surface area (Å²) in [5.74, 6) is 0. The van der Waals surface area contributed by atoms with Crippen LogP contribution < -0.4 is 9.80 Å². The van der Waals surface area contributed by atoms with E-state index in [4.69, 9.17) is 4.42 Å². The maximum absolute atomic E-state index is 6.64. The van der Waals surface area contributed by atoms with Gasteiger partial charge in [0.15, 0.2) is 0 Å². The van der Waals surface area contributed by atoms with Gasteiger partial charge in [0.2, 0.25) is 0 Å². The van der Waals surface area contributed by atoms with Crippen molar-refractivity contribution >= 4 is 87.6 Å². The first-order valence-electron chi connectivity index (χ1n) is 19.6. The van der Waals surface area contributed by atoms with E-state index in [1.807, 2.05) is 11.3 Å². The second-order valence-electron chi connectivity index (χ2n) is 14.6. The third kappa shape index (κ3) is 6.08. The molecule has 0 aliphatic heterocycles. The molecule has 11 aromatic rings. The van der Waals surface area contributed by atoms with Gasteiger partial charge >= 0.3 is 0 Å². The monoisotopic (exact) mass is 760 g/mol. The minimum Gasteiger partial charge on any atom is -0.456 e. The summed E-state index contributed by atoms with van der Waals surface area (Å²) in [4.78, 5) is 4.63. The van der Waals surface area contributed by atoms with Gasteiger partial charge in [-0.3, -0.25) is 0 Å². The molecule has 11 rings (SSSR count). The van der Waals surface area contributed by atoms with E-state index < -0.39 is 0 Å². The van der Waals surface area contributed by atoms with Crippen LogP contribution >= 0.6 is 11.3 Å². The quantitative estimate of drug-likeness (QED) is 0.154. The first-order chi connectivity index (χ1) is 28.7. The standard InChI is InChI=1S/C54H36N2OS/c1-4-13-37(14-5-1)38-23-27-43(28-24-38)56(45-20-12-19-44(35-45)55(41-15-6-2-7-16-41)42-17-8-3-9-18-42)46-29-31-47-50-33-39(26-32-51(50)57-52(47)36-46)40-25-30-49-48-21-10-11-22-53(48)58-54(49)34-40/h1-36H. The summed E-state index contributed by atoms with van der Waals surface area (Å²) in [6.07, 6.45) is 0. The molecule has 58 heavy (non-hydrogen) atoms. The number of furan rings is 1. The number of hydrogen-bond acceptors (Lipinski definition) is 4. The summed E-state index contributed by atoms with van der Waals surface area (Å²) in [6, 6.07) is 77.9. The van der Waals surface area contributed by atoms with Crippen molar-refractivity contribution in [1.82, 2.24) is 0 Å². The smallest absolute Gasteiger partial charge is 0.137 e. The fraction of sp³-hybridized carbons (Fsp3) is 0. The zero-order chi connectivity index (χ0) is 38.4. The maximum atomic E-state index is 6.64. The molecule has 4 heteroatoms. The molecule has 274 valence electrons. The topological polar surface area (TPSA) is 19.6 Å². The minimum atomic E-state index is 0.849. The van der Waals surface area contributed by atoms with Crippen molar-refractivity contribution in [2.24, 2.45) is 0 Å². The van der Waals surface area contributed by atoms with Crippen molar-refractivity contribution in [3.05, 3.63) is 218 Å². The van der Waals surface area contributed by atoms with Crippen LogP contribution in [0, 0.1) is 0 Å². The lowest BCUT2D eigenvalue weighted by atomic mass is 10.0. The predicted molar refractivity (Wildman–Crippen MR) is 247 cm³/mol. The van der Waals surface area contributed by atoms with Crippen LogP contribution in [0.15, 0.2) is 223 Å². The molecule has 0 bridgehead atoms. The second-order valence-corrected chi connectivity index (χ2v) is 15.7. The van der Waals surface area contributed by atoms with Gasteiger partial charge in [-0.1, -0.05) is 121 Å². The number of fused-ring (bicyclic) bond motifs is 6. The van der Waals surface area contributed by atoms with Crippen LogP contribution in [0.4, 0.5) is 34.1 Å². The Morgan fingerprint density at radius 3 is 1.52 bits per heavy atom. The molecule has 0 aliphatic rings. The molecule has 0 aliphatic carbocycles. The van der Waals surface area contributed by atoms with Crippen molar-refractivity contribution in [3.8, 4) is 22.3 Å². The average Bonchev–Trinajstić information content (AvgIpc) is 3.85. The lowest BCUT2D eigenvalue weighted by Crippen LogP contribution is -2.13. The van der Waals surface area contributed by atoms with Crippen molar-refractivity contribution in [2.75, 3.05) is 9.80 Å². The van der Waals surface area contributed by atoms with E-state index in [9.17, 15) is 0 Å². The molecule has 9 aromatic carbocycles. The Kier molecular flexibility index (Phi) is 8.34. The number of para-hydroxylation sites is 2. The van der Waals surface area contributed by atoms with Crippen LogP contribution in [-0.4, -0.2) is 0 Å². The Morgan fingerprint density at radius 1 is 0.276 bits per heavy atom. The molecule has 0 spiro atoms. The Bertz CT molecular complexity index is 3190. The zero-order valence-corrected chi connectivity index (χ0v) is 32.3. The van der Waals surface area contributed by atoms with Crippen molar-refractivity contribution < 1.29 is 4.42 Å². The van der Waals surface area contributed by atoms with Crippen molar-refractivity contribution in [1.29, 1.82) is 0 Å². The van der Waals surface area contributed by atoms with Crippen LogP contribution in [-0.2, 0) is 0 Å². The van der Waals surface area contributed by atoms with E-state index in [0.29, 0.717) is 0 Å². The zero-order valence-electron chi connectivity index (χ0n) is 31.5. The van der Waals surface area contributed by atoms with Crippen LogP contribution in [0.2, 0.25) is 0 Å². The molecule has 3 nitrogen and oxygen atoms in total. The Morgan fingerprint density at radius 2 is 0.776 bits per heavy atom. The number of hydrogen-bond donors (Lipinski definition) is 0. The molecule has 0 N–H and O–H groups in total. The molecule has 2 heterocycles. The first-order valence-corrected chi connectivity index (χ1v) is 20.4. The van der Waals surface area contributed by atoms with Gasteiger partial charge in [-0.2, -0.15) is 0 Å². The highest BCUT2D eigenvalue weighted by molar-refractivity contribution is 7.25. The molecule has 0 saturated heterocycles. The highest BCUT2D eigenvalue weighted by atomic mass is 32.1. The molecule has 2 aromatic heterocycles. The van der Waals surface area contributed by atoms with Crippen LogP contribution in [0.3, 0.4) is 0 Å². The second kappa shape index (κ2) is 14.3. The first kappa shape index (κ1) is 33.9. The van der Waals surface area contributed by atoms with Gasteiger partial charge < -0.3 is 14.2 Å².